The van der Waals surface area contributed by atoms with Crippen LogP contribution < -0.4 is 0 Å². The van der Waals surface area contributed by atoms with Gasteiger partial charge in [-0.15, -0.1) is 10.2 Å². The Bertz CT molecular complexity index is 819. The Balaban J connectivity index is 1.63. The van der Waals surface area contributed by atoms with Crippen LogP contribution in [0.2, 0.25) is 5.02 Å². The molecule has 24 heavy (non-hydrogen) atoms. The van der Waals surface area contributed by atoms with Gasteiger partial charge in [-0.25, -0.2) is 0 Å². The molecule has 0 fully saturated rings. The zero-order chi connectivity index (χ0) is 16.9. The summed E-state index contributed by atoms with van der Waals surface area (Å²) in [6, 6.07) is 16.7. The predicted octanol–water partition coefficient (Wildman–Crippen LogP) is 4.68. The monoisotopic (exact) mass is 358 g/mol. The van der Waals surface area contributed by atoms with Gasteiger partial charge in [0, 0.05) is 10.6 Å². The molecule has 2 aromatic carbocycles. The summed E-state index contributed by atoms with van der Waals surface area (Å²) in [7, 11) is 0. The molecule has 0 aliphatic carbocycles. The third-order valence-electron chi connectivity index (χ3n) is 3.42. The molecule has 0 saturated heterocycles. The van der Waals surface area contributed by atoms with Crippen molar-refractivity contribution in [3.05, 3.63) is 76.6 Å². The first kappa shape index (κ1) is 16.7. The highest BCUT2D eigenvalue weighted by Crippen LogP contribution is 2.25. The number of Topliss-reactive ketones (excluding diaryl/α,β-unsaturated/α-hetero) is 1. The van der Waals surface area contributed by atoms with E-state index in [1.165, 1.54) is 11.8 Å². The zero-order valence-electron chi connectivity index (χ0n) is 13.0. The van der Waals surface area contributed by atoms with Gasteiger partial charge >= 0.3 is 0 Å². The fourth-order valence-electron chi connectivity index (χ4n) is 2.18. The van der Waals surface area contributed by atoms with Crippen LogP contribution in [0, 0.1) is 0 Å². The van der Waals surface area contributed by atoms with E-state index in [9.17, 15) is 4.79 Å². The molecule has 0 bridgehead atoms. The number of carbonyl (C=O) groups is 1. The maximum absolute atomic E-state index is 12.4. The quantitative estimate of drug-likeness (QED) is 0.473. The number of aromatic nitrogens is 2. The summed E-state index contributed by atoms with van der Waals surface area (Å²) < 4.78 is 5.63. The van der Waals surface area contributed by atoms with Crippen molar-refractivity contribution in [1.29, 1.82) is 0 Å². The summed E-state index contributed by atoms with van der Waals surface area (Å²) in [6.07, 6.45) is 0.577. The van der Waals surface area contributed by atoms with Crippen LogP contribution in [0.25, 0.3) is 0 Å². The van der Waals surface area contributed by atoms with E-state index in [1.807, 2.05) is 37.3 Å². The minimum atomic E-state index is -0.323. The second-order valence-electron chi connectivity index (χ2n) is 5.26. The van der Waals surface area contributed by atoms with Crippen molar-refractivity contribution in [1.82, 2.24) is 10.2 Å². The molecule has 1 unspecified atom stereocenters. The molecule has 0 radical (unpaired) electrons. The average molecular weight is 359 g/mol. The molecule has 0 spiro atoms. The van der Waals surface area contributed by atoms with Crippen LogP contribution >= 0.6 is 23.4 Å². The molecule has 0 aliphatic heterocycles. The number of ketones is 1. The Labute approximate surface area is 149 Å². The van der Waals surface area contributed by atoms with Crippen molar-refractivity contribution in [3.63, 3.8) is 0 Å². The number of hydrogen-bond acceptors (Lipinski definition) is 5. The van der Waals surface area contributed by atoms with Crippen molar-refractivity contribution in [3.8, 4) is 0 Å². The lowest BCUT2D eigenvalue weighted by Crippen LogP contribution is -2.13. The van der Waals surface area contributed by atoms with Gasteiger partial charge in [-0.1, -0.05) is 53.7 Å². The van der Waals surface area contributed by atoms with Gasteiger partial charge in [-0.3, -0.25) is 4.79 Å². The van der Waals surface area contributed by atoms with Crippen LogP contribution in [0.4, 0.5) is 0 Å². The van der Waals surface area contributed by atoms with Gasteiger partial charge in [0.25, 0.3) is 5.22 Å². The first-order valence-corrected chi connectivity index (χ1v) is 8.70. The number of carbonyl (C=O) groups excluding carboxylic acids is 1. The molecule has 1 aromatic heterocycles. The van der Waals surface area contributed by atoms with E-state index in [0.29, 0.717) is 28.1 Å². The fourth-order valence-corrected chi connectivity index (χ4v) is 3.09. The van der Waals surface area contributed by atoms with Gasteiger partial charge in [0.1, 0.15) is 0 Å². The molecule has 6 heteroatoms. The van der Waals surface area contributed by atoms with E-state index < -0.39 is 0 Å². The number of rotatable bonds is 6. The summed E-state index contributed by atoms with van der Waals surface area (Å²) in [5.74, 6) is 0.536. The maximum atomic E-state index is 12.4. The SMILES string of the molecule is CC(Sc1nnc(Cc2ccccc2)o1)C(=O)c1ccc(Cl)cc1. The largest absolute Gasteiger partial charge is 0.416 e. The van der Waals surface area contributed by atoms with Crippen LogP contribution in [0.3, 0.4) is 0 Å². The molecular formula is C18H15ClN2O2S. The second-order valence-corrected chi connectivity index (χ2v) is 6.98. The van der Waals surface area contributed by atoms with E-state index in [1.54, 1.807) is 24.3 Å². The van der Waals surface area contributed by atoms with Gasteiger partial charge in [0.15, 0.2) is 5.78 Å². The molecule has 3 aromatic rings. The van der Waals surface area contributed by atoms with E-state index in [4.69, 9.17) is 16.0 Å². The van der Waals surface area contributed by atoms with Crippen LogP contribution in [0.5, 0.6) is 0 Å². The van der Waals surface area contributed by atoms with E-state index in [0.717, 1.165) is 5.56 Å². The van der Waals surface area contributed by atoms with Crippen LogP contribution in [0.15, 0.2) is 64.2 Å². The Morgan fingerprint density at radius 2 is 1.83 bits per heavy atom. The molecule has 1 heterocycles. The summed E-state index contributed by atoms with van der Waals surface area (Å²) in [5.41, 5.74) is 1.71. The van der Waals surface area contributed by atoms with Gasteiger partial charge in [-0.05, 0) is 36.8 Å². The third kappa shape index (κ3) is 4.24. The molecule has 0 aliphatic rings. The molecular weight excluding hydrogens is 344 g/mol. The molecule has 1 atom stereocenters. The first-order valence-electron chi connectivity index (χ1n) is 7.44. The summed E-state index contributed by atoms with van der Waals surface area (Å²) >= 11 is 7.10. The zero-order valence-corrected chi connectivity index (χ0v) is 14.6. The Hall–Kier alpha value is -2.11. The molecule has 0 N–H and O–H groups in total. The normalized spacial score (nSPS) is 12.1. The smallest absolute Gasteiger partial charge is 0.277 e. The number of thioether (sulfide) groups is 1. The van der Waals surface area contributed by atoms with Crippen molar-refractivity contribution in [2.45, 2.75) is 23.8 Å². The van der Waals surface area contributed by atoms with Crippen molar-refractivity contribution in [2.24, 2.45) is 0 Å². The van der Waals surface area contributed by atoms with Gasteiger partial charge in [0.05, 0.1) is 11.7 Å². The lowest BCUT2D eigenvalue weighted by Gasteiger charge is -2.07. The molecule has 0 saturated carbocycles. The van der Waals surface area contributed by atoms with Crippen LogP contribution in [-0.4, -0.2) is 21.2 Å². The lowest BCUT2D eigenvalue weighted by atomic mass is 10.1. The molecule has 3 rings (SSSR count). The topological polar surface area (TPSA) is 56.0 Å². The number of benzene rings is 2. The molecule has 0 amide bonds. The minimum Gasteiger partial charge on any atom is -0.416 e. The second kappa shape index (κ2) is 7.64. The summed E-state index contributed by atoms with van der Waals surface area (Å²) in [6.45, 7) is 1.82. The highest BCUT2D eigenvalue weighted by Gasteiger charge is 2.19. The van der Waals surface area contributed by atoms with Crippen molar-refractivity contribution >= 4 is 29.1 Å². The van der Waals surface area contributed by atoms with Crippen LogP contribution in [-0.2, 0) is 6.42 Å². The molecule has 122 valence electrons. The Morgan fingerprint density at radius 3 is 2.54 bits per heavy atom. The third-order valence-corrected chi connectivity index (χ3v) is 4.61. The number of halogens is 1. The Morgan fingerprint density at radius 1 is 1.12 bits per heavy atom. The van der Waals surface area contributed by atoms with Crippen LogP contribution in [0.1, 0.15) is 28.7 Å². The minimum absolute atomic E-state index is 0.000485. The van der Waals surface area contributed by atoms with E-state index in [2.05, 4.69) is 10.2 Å². The fraction of sp³-hybridized carbons (Fsp3) is 0.167. The van der Waals surface area contributed by atoms with E-state index in [-0.39, 0.29) is 11.0 Å². The van der Waals surface area contributed by atoms with Crippen molar-refractivity contribution in [2.75, 3.05) is 0 Å². The van der Waals surface area contributed by atoms with E-state index >= 15 is 0 Å². The first-order chi connectivity index (χ1) is 11.6. The Kier molecular flexibility index (Phi) is 5.33. The number of nitrogens with zero attached hydrogens (tertiary/aromatic N) is 2. The standard InChI is InChI=1S/C18H15ClN2O2S/c1-12(17(22)14-7-9-15(19)10-8-14)24-18-21-20-16(23-18)11-13-5-3-2-4-6-13/h2-10,12H,11H2,1H3. The summed E-state index contributed by atoms with van der Waals surface area (Å²) in [4.78, 5) is 12.4. The number of hydrogen-bond donors (Lipinski definition) is 0. The predicted molar refractivity (Wildman–Crippen MR) is 94.6 cm³/mol. The lowest BCUT2D eigenvalue weighted by molar-refractivity contribution is 0.0993. The summed E-state index contributed by atoms with van der Waals surface area (Å²) in [5, 5.41) is 8.74. The van der Waals surface area contributed by atoms with Gasteiger partial charge in [0.2, 0.25) is 5.89 Å². The average Bonchev–Trinajstić information content (AvgIpc) is 3.02. The van der Waals surface area contributed by atoms with Gasteiger partial charge < -0.3 is 4.42 Å². The highest BCUT2D eigenvalue weighted by molar-refractivity contribution is 8.00. The maximum Gasteiger partial charge on any atom is 0.277 e. The van der Waals surface area contributed by atoms with Crippen molar-refractivity contribution < 1.29 is 9.21 Å². The van der Waals surface area contributed by atoms with Gasteiger partial charge in [-0.2, -0.15) is 0 Å². The highest BCUT2D eigenvalue weighted by atomic mass is 35.5. The molecule has 4 nitrogen and oxygen atoms in total.